The first-order chi connectivity index (χ1) is 8.22. The maximum atomic E-state index is 5.91. The SMILES string of the molecule is NNC(c1cnccn1)c1ccc(Cl)cc1N. The molecule has 1 aromatic carbocycles. The van der Waals surface area contributed by atoms with Gasteiger partial charge in [-0.2, -0.15) is 0 Å². The van der Waals surface area contributed by atoms with E-state index in [9.17, 15) is 0 Å². The van der Waals surface area contributed by atoms with E-state index in [2.05, 4.69) is 15.4 Å². The normalized spacial score (nSPS) is 12.4. The molecule has 1 unspecified atom stereocenters. The Morgan fingerprint density at radius 3 is 2.71 bits per heavy atom. The second kappa shape index (κ2) is 5.09. The number of benzene rings is 1. The van der Waals surface area contributed by atoms with Crippen LogP contribution in [-0.4, -0.2) is 9.97 Å². The number of aromatic nitrogens is 2. The van der Waals surface area contributed by atoms with E-state index >= 15 is 0 Å². The molecule has 17 heavy (non-hydrogen) atoms. The van der Waals surface area contributed by atoms with Crippen molar-refractivity contribution in [1.82, 2.24) is 15.4 Å². The van der Waals surface area contributed by atoms with Crippen LogP contribution in [0, 0.1) is 0 Å². The molecule has 5 N–H and O–H groups in total. The summed E-state index contributed by atoms with van der Waals surface area (Å²) in [6, 6.07) is 4.95. The summed E-state index contributed by atoms with van der Waals surface area (Å²) in [7, 11) is 0. The van der Waals surface area contributed by atoms with Gasteiger partial charge in [0, 0.05) is 23.1 Å². The minimum atomic E-state index is -0.305. The van der Waals surface area contributed by atoms with Crippen LogP contribution in [0.5, 0.6) is 0 Å². The van der Waals surface area contributed by atoms with E-state index in [1.807, 2.05) is 6.07 Å². The number of hydrazine groups is 1. The highest BCUT2D eigenvalue weighted by Gasteiger charge is 2.16. The fourth-order valence-electron chi connectivity index (χ4n) is 1.60. The van der Waals surface area contributed by atoms with Gasteiger partial charge in [-0.05, 0) is 17.7 Å². The van der Waals surface area contributed by atoms with Crippen molar-refractivity contribution < 1.29 is 0 Å². The minimum absolute atomic E-state index is 0.305. The van der Waals surface area contributed by atoms with Crippen LogP contribution in [0.1, 0.15) is 17.3 Å². The topological polar surface area (TPSA) is 89.8 Å². The molecule has 2 rings (SSSR count). The van der Waals surface area contributed by atoms with Gasteiger partial charge in [-0.3, -0.25) is 15.8 Å². The van der Waals surface area contributed by atoms with Crippen LogP contribution in [0.25, 0.3) is 0 Å². The van der Waals surface area contributed by atoms with E-state index in [1.54, 1.807) is 30.7 Å². The standard InChI is InChI=1S/C11H12ClN5/c12-7-1-2-8(9(13)5-7)11(17-14)10-6-15-3-4-16-10/h1-6,11,17H,13-14H2. The van der Waals surface area contributed by atoms with Crippen LogP contribution in [0.2, 0.25) is 5.02 Å². The molecule has 2 aromatic rings. The van der Waals surface area contributed by atoms with Gasteiger partial charge in [0.05, 0.1) is 17.9 Å². The minimum Gasteiger partial charge on any atom is -0.398 e. The summed E-state index contributed by atoms with van der Waals surface area (Å²) >= 11 is 5.85. The van der Waals surface area contributed by atoms with Gasteiger partial charge < -0.3 is 5.73 Å². The third kappa shape index (κ3) is 2.52. The van der Waals surface area contributed by atoms with Crippen LogP contribution in [0.15, 0.2) is 36.8 Å². The van der Waals surface area contributed by atoms with Crippen molar-refractivity contribution in [2.45, 2.75) is 6.04 Å². The predicted octanol–water partition coefficient (Wildman–Crippen LogP) is 1.26. The molecule has 0 spiro atoms. The van der Waals surface area contributed by atoms with Crippen LogP contribution in [0.3, 0.4) is 0 Å². The molecular formula is C11H12ClN5. The zero-order chi connectivity index (χ0) is 12.3. The van der Waals surface area contributed by atoms with Crippen molar-refractivity contribution in [3.63, 3.8) is 0 Å². The quantitative estimate of drug-likeness (QED) is 0.433. The molecule has 5 nitrogen and oxygen atoms in total. The van der Waals surface area contributed by atoms with Gasteiger partial charge in [-0.15, -0.1) is 0 Å². The Hall–Kier alpha value is -1.69. The summed E-state index contributed by atoms with van der Waals surface area (Å²) in [6.07, 6.45) is 4.84. The Kier molecular flexibility index (Phi) is 3.53. The zero-order valence-electron chi connectivity index (χ0n) is 8.97. The van der Waals surface area contributed by atoms with Crippen molar-refractivity contribution in [1.29, 1.82) is 0 Å². The molecule has 1 heterocycles. The lowest BCUT2D eigenvalue weighted by molar-refractivity contribution is 0.619. The molecular weight excluding hydrogens is 238 g/mol. The molecule has 0 aliphatic carbocycles. The summed E-state index contributed by atoms with van der Waals surface area (Å²) in [5.74, 6) is 5.54. The Bertz CT molecular complexity index is 502. The monoisotopic (exact) mass is 249 g/mol. The predicted molar refractivity (Wildman–Crippen MR) is 67.1 cm³/mol. The zero-order valence-corrected chi connectivity index (χ0v) is 9.72. The summed E-state index contributed by atoms with van der Waals surface area (Å²) < 4.78 is 0. The van der Waals surface area contributed by atoms with Crippen LogP contribution < -0.4 is 17.0 Å². The molecule has 0 aliphatic heterocycles. The molecule has 0 saturated carbocycles. The van der Waals surface area contributed by atoms with Crippen molar-refractivity contribution in [2.24, 2.45) is 5.84 Å². The summed E-state index contributed by atoms with van der Waals surface area (Å²) in [5.41, 5.74) is 10.7. The molecule has 88 valence electrons. The van der Waals surface area contributed by atoms with Crippen molar-refractivity contribution >= 4 is 17.3 Å². The maximum absolute atomic E-state index is 5.91. The van der Waals surface area contributed by atoms with Gasteiger partial charge in [0.15, 0.2) is 0 Å². The van der Waals surface area contributed by atoms with Gasteiger partial charge in [0.1, 0.15) is 0 Å². The third-order valence-electron chi connectivity index (χ3n) is 2.41. The summed E-state index contributed by atoms with van der Waals surface area (Å²) in [4.78, 5) is 8.20. The fraction of sp³-hybridized carbons (Fsp3) is 0.0909. The van der Waals surface area contributed by atoms with Crippen LogP contribution in [-0.2, 0) is 0 Å². The molecule has 0 amide bonds. The van der Waals surface area contributed by atoms with E-state index in [4.69, 9.17) is 23.2 Å². The Labute approximate surface area is 104 Å². The third-order valence-corrected chi connectivity index (χ3v) is 2.64. The first-order valence-electron chi connectivity index (χ1n) is 4.99. The second-order valence-corrected chi connectivity index (χ2v) is 3.94. The smallest absolute Gasteiger partial charge is 0.0916 e. The number of hydrogen-bond acceptors (Lipinski definition) is 5. The van der Waals surface area contributed by atoms with Gasteiger partial charge in [0.2, 0.25) is 0 Å². The van der Waals surface area contributed by atoms with E-state index in [1.165, 1.54) is 0 Å². The summed E-state index contributed by atoms with van der Waals surface area (Å²) in [6.45, 7) is 0. The lowest BCUT2D eigenvalue weighted by Gasteiger charge is -2.17. The molecule has 6 heteroatoms. The molecule has 0 fully saturated rings. The number of nitrogen functional groups attached to an aromatic ring is 1. The molecule has 1 aromatic heterocycles. The van der Waals surface area contributed by atoms with E-state index < -0.39 is 0 Å². The number of anilines is 1. The van der Waals surface area contributed by atoms with Crippen LogP contribution >= 0.6 is 11.6 Å². The Morgan fingerprint density at radius 1 is 1.29 bits per heavy atom. The highest BCUT2D eigenvalue weighted by molar-refractivity contribution is 6.30. The van der Waals surface area contributed by atoms with Crippen molar-refractivity contribution in [2.75, 3.05) is 5.73 Å². The van der Waals surface area contributed by atoms with Gasteiger partial charge in [-0.25, -0.2) is 5.43 Å². The first kappa shape index (κ1) is 11.8. The first-order valence-corrected chi connectivity index (χ1v) is 5.37. The lowest BCUT2D eigenvalue weighted by atomic mass is 10.0. The van der Waals surface area contributed by atoms with Crippen LogP contribution in [0.4, 0.5) is 5.69 Å². The fourth-order valence-corrected chi connectivity index (χ4v) is 1.78. The van der Waals surface area contributed by atoms with Gasteiger partial charge >= 0.3 is 0 Å². The average Bonchev–Trinajstić information content (AvgIpc) is 2.34. The number of rotatable bonds is 3. The van der Waals surface area contributed by atoms with E-state index in [-0.39, 0.29) is 6.04 Å². The molecule has 0 saturated heterocycles. The number of nitrogens with zero attached hydrogens (tertiary/aromatic N) is 2. The highest BCUT2D eigenvalue weighted by Crippen LogP contribution is 2.26. The second-order valence-electron chi connectivity index (χ2n) is 3.50. The largest absolute Gasteiger partial charge is 0.398 e. The number of hydrogen-bond donors (Lipinski definition) is 3. The molecule has 1 atom stereocenters. The maximum Gasteiger partial charge on any atom is 0.0916 e. The number of nitrogens with two attached hydrogens (primary N) is 2. The molecule has 0 aliphatic rings. The van der Waals surface area contributed by atoms with Gasteiger partial charge in [0.25, 0.3) is 0 Å². The summed E-state index contributed by atoms with van der Waals surface area (Å²) in [5, 5.41) is 0.584. The molecule has 0 radical (unpaired) electrons. The van der Waals surface area contributed by atoms with Gasteiger partial charge in [-0.1, -0.05) is 17.7 Å². The van der Waals surface area contributed by atoms with Crippen molar-refractivity contribution in [3.8, 4) is 0 Å². The van der Waals surface area contributed by atoms with E-state index in [0.717, 1.165) is 5.56 Å². The van der Waals surface area contributed by atoms with Crippen molar-refractivity contribution in [3.05, 3.63) is 53.1 Å². The van der Waals surface area contributed by atoms with E-state index in [0.29, 0.717) is 16.4 Å². The Balaban J connectivity index is 2.42. The Morgan fingerprint density at radius 2 is 2.12 bits per heavy atom. The highest BCUT2D eigenvalue weighted by atomic mass is 35.5. The number of nitrogens with one attached hydrogen (secondary N) is 1. The average molecular weight is 250 g/mol. The lowest BCUT2D eigenvalue weighted by Crippen LogP contribution is -2.30. The molecule has 0 bridgehead atoms. The number of halogens is 1.